The minimum absolute atomic E-state index is 0.0648. The van der Waals surface area contributed by atoms with E-state index in [4.69, 9.17) is 5.26 Å². The fraction of sp³-hybridized carbons (Fsp3) is 0.500. The molecular weight excluding hydrogens is 176 g/mol. The second kappa shape index (κ2) is 4.58. The molecule has 1 fully saturated rings. The normalized spacial score (nSPS) is 27.5. The molecule has 0 atom stereocenters. The van der Waals surface area contributed by atoms with Crippen LogP contribution in [0.25, 0.3) is 0 Å². The molecule has 14 heavy (non-hydrogen) atoms. The fourth-order valence-electron chi connectivity index (χ4n) is 2.23. The van der Waals surface area contributed by atoms with Crippen LogP contribution in [0.5, 0.6) is 0 Å². The lowest BCUT2D eigenvalue weighted by Gasteiger charge is -2.26. The smallest absolute Gasteiger partial charge is 0.0927 e. The van der Waals surface area contributed by atoms with Gasteiger partial charge in [-0.25, -0.2) is 4.89 Å². The second-order valence-corrected chi connectivity index (χ2v) is 3.99. The first-order valence-electron chi connectivity index (χ1n) is 5.25. The zero-order chi connectivity index (χ0) is 9.80. The minimum atomic E-state index is 0.0648. The third kappa shape index (κ3) is 2.14. The predicted molar refractivity (Wildman–Crippen MR) is 55.2 cm³/mol. The number of benzene rings is 1. The van der Waals surface area contributed by atoms with Crippen molar-refractivity contribution in [3.8, 4) is 0 Å². The van der Waals surface area contributed by atoms with Gasteiger partial charge in [0, 0.05) is 0 Å². The third-order valence-corrected chi connectivity index (χ3v) is 3.09. The number of hydrogen-bond donors (Lipinski definition) is 1. The van der Waals surface area contributed by atoms with E-state index in [1.807, 2.05) is 6.07 Å². The van der Waals surface area contributed by atoms with Crippen LogP contribution >= 0.6 is 0 Å². The Balaban J connectivity index is 1.96. The van der Waals surface area contributed by atoms with Crippen LogP contribution < -0.4 is 0 Å². The van der Waals surface area contributed by atoms with Crippen molar-refractivity contribution in [1.29, 1.82) is 0 Å². The van der Waals surface area contributed by atoms with Crippen LogP contribution in [-0.4, -0.2) is 11.4 Å². The van der Waals surface area contributed by atoms with Crippen LogP contribution in [0.2, 0.25) is 0 Å². The summed E-state index contributed by atoms with van der Waals surface area (Å²) in [4.78, 5) is 4.38. The molecule has 1 aromatic rings. The lowest BCUT2D eigenvalue weighted by atomic mass is 9.83. The topological polar surface area (TPSA) is 29.5 Å². The molecule has 1 saturated carbocycles. The Kier molecular flexibility index (Phi) is 3.17. The Morgan fingerprint density at radius 3 is 2.21 bits per heavy atom. The van der Waals surface area contributed by atoms with Gasteiger partial charge in [0.2, 0.25) is 0 Å². The van der Waals surface area contributed by atoms with Crippen LogP contribution in [0, 0.1) is 0 Å². The van der Waals surface area contributed by atoms with E-state index >= 15 is 0 Å². The van der Waals surface area contributed by atoms with Gasteiger partial charge in [0.1, 0.15) is 0 Å². The summed E-state index contributed by atoms with van der Waals surface area (Å²) in [5, 5.41) is 8.55. The van der Waals surface area contributed by atoms with Crippen LogP contribution in [0.4, 0.5) is 0 Å². The molecule has 0 radical (unpaired) electrons. The molecule has 0 heterocycles. The molecule has 0 bridgehead atoms. The first kappa shape index (κ1) is 9.69. The van der Waals surface area contributed by atoms with Gasteiger partial charge < -0.3 is 0 Å². The second-order valence-electron chi connectivity index (χ2n) is 3.99. The van der Waals surface area contributed by atoms with Gasteiger partial charge in [0.05, 0.1) is 6.10 Å². The molecule has 0 aromatic heterocycles. The van der Waals surface area contributed by atoms with Gasteiger partial charge in [0.25, 0.3) is 0 Å². The van der Waals surface area contributed by atoms with Crippen molar-refractivity contribution in [3.05, 3.63) is 35.9 Å². The van der Waals surface area contributed by atoms with Crippen LogP contribution in [0.15, 0.2) is 30.3 Å². The van der Waals surface area contributed by atoms with Crippen molar-refractivity contribution < 1.29 is 10.1 Å². The molecule has 1 N–H and O–H groups in total. The Labute approximate surface area is 84.5 Å². The van der Waals surface area contributed by atoms with Gasteiger partial charge in [-0.2, -0.15) is 0 Å². The fourth-order valence-corrected chi connectivity index (χ4v) is 2.23. The van der Waals surface area contributed by atoms with Crippen LogP contribution in [0.3, 0.4) is 0 Å². The quantitative estimate of drug-likeness (QED) is 0.576. The standard InChI is InChI=1S/C12H16O2/c13-14-12-8-6-11(7-9-12)10-4-2-1-3-5-10/h1-5,11-13H,6-9H2. The molecule has 2 nitrogen and oxygen atoms in total. The molecule has 2 heteroatoms. The maximum Gasteiger partial charge on any atom is 0.0927 e. The Bertz CT molecular complexity index is 263. The Morgan fingerprint density at radius 1 is 1.00 bits per heavy atom. The third-order valence-electron chi connectivity index (χ3n) is 3.09. The summed E-state index contributed by atoms with van der Waals surface area (Å²) in [6.45, 7) is 0. The van der Waals surface area contributed by atoms with Gasteiger partial charge >= 0.3 is 0 Å². The van der Waals surface area contributed by atoms with Crippen molar-refractivity contribution in [1.82, 2.24) is 0 Å². The molecule has 0 spiro atoms. The van der Waals surface area contributed by atoms with E-state index in [0.717, 1.165) is 25.7 Å². The van der Waals surface area contributed by atoms with Crippen LogP contribution in [-0.2, 0) is 4.89 Å². The number of rotatable bonds is 2. The maximum absolute atomic E-state index is 8.55. The summed E-state index contributed by atoms with van der Waals surface area (Å²) in [5.74, 6) is 0.655. The molecule has 2 rings (SSSR count). The van der Waals surface area contributed by atoms with Gasteiger partial charge in [-0.1, -0.05) is 30.3 Å². The summed E-state index contributed by atoms with van der Waals surface area (Å²) >= 11 is 0. The van der Waals surface area contributed by atoms with E-state index in [1.54, 1.807) is 0 Å². The monoisotopic (exact) mass is 192 g/mol. The van der Waals surface area contributed by atoms with Gasteiger partial charge in [0.15, 0.2) is 0 Å². The SMILES string of the molecule is OOC1CCC(c2ccccc2)CC1. The lowest BCUT2D eigenvalue weighted by molar-refractivity contribution is -0.284. The van der Waals surface area contributed by atoms with Crippen molar-refractivity contribution in [2.75, 3.05) is 0 Å². The molecule has 0 unspecified atom stereocenters. The minimum Gasteiger partial charge on any atom is -0.252 e. The van der Waals surface area contributed by atoms with Crippen molar-refractivity contribution in [2.45, 2.75) is 37.7 Å². The molecule has 1 aromatic carbocycles. The molecular formula is C12H16O2. The molecule has 0 amide bonds. The average molecular weight is 192 g/mol. The highest BCUT2D eigenvalue weighted by Gasteiger charge is 2.22. The first-order valence-corrected chi connectivity index (χ1v) is 5.25. The summed E-state index contributed by atoms with van der Waals surface area (Å²) < 4.78 is 0. The van der Waals surface area contributed by atoms with Gasteiger partial charge in [-0.3, -0.25) is 5.26 Å². The van der Waals surface area contributed by atoms with Gasteiger partial charge in [-0.15, -0.1) is 0 Å². The molecule has 1 aliphatic rings. The van der Waals surface area contributed by atoms with Crippen LogP contribution in [0.1, 0.15) is 37.2 Å². The maximum atomic E-state index is 8.55. The molecule has 0 aliphatic heterocycles. The van der Waals surface area contributed by atoms with E-state index in [2.05, 4.69) is 29.2 Å². The summed E-state index contributed by atoms with van der Waals surface area (Å²) in [6.07, 6.45) is 4.24. The van der Waals surface area contributed by atoms with E-state index in [9.17, 15) is 0 Å². The molecule has 0 saturated heterocycles. The predicted octanol–water partition coefficient (Wildman–Crippen LogP) is 3.20. The van der Waals surface area contributed by atoms with E-state index in [0.29, 0.717) is 5.92 Å². The van der Waals surface area contributed by atoms with Crippen molar-refractivity contribution in [3.63, 3.8) is 0 Å². The zero-order valence-corrected chi connectivity index (χ0v) is 8.23. The highest BCUT2D eigenvalue weighted by atomic mass is 17.1. The summed E-state index contributed by atoms with van der Waals surface area (Å²) in [6, 6.07) is 10.6. The Hall–Kier alpha value is -0.860. The van der Waals surface area contributed by atoms with Gasteiger partial charge in [-0.05, 0) is 37.2 Å². The van der Waals surface area contributed by atoms with E-state index < -0.39 is 0 Å². The Morgan fingerprint density at radius 2 is 1.64 bits per heavy atom. The largest absolute Gasteiger partial charge is 0.252 e. The zero-order valence-electron chi connectivity index (χ0n) is 8.23. The lowest BCUT2D eigenvalue weighted by Crippen LogP contribution is -2.19. The average Bonchev–Trinajstić information content (AvgIpc) is 2.30. The van der Waals surface area contributed by atoms with Crippen molar-refractivity contribution in [2.24, 2.45) is 0 Å². The van der Waals surface area contributed by atoms with E-state index in [-0.39, 0.29) is 6.10 Å². The number of hydrogen-bond acceptors (Lipinski definition) is 2. The molecule has 1 aliphatic carbocycles. The summed E-state index contributed by atoms with van der Waals surface area (Å²) in [5.41, 5.74) is 1.42. The highest BCUT2D eigenvalue weighted by Crippen LogP contribution is 2.33. The highest BCUT2D eigenvalue weighted by molar-refractivity contribution is 5.19. The summed E-state index contributed by atoms with van der Waals surface area (Å²) in [7, 11) is 0. The van der Waals surface area contributed by atoms with Crippen molar-refractivity contribution >= 4 is 0 Å². The van der Waals surface area contributed by atoms with E-state index in [1.165, 1.54) is 5.56 Å². The first-order chi connectivity index (χ1) is 6.90. The molecule has 76 valence electrons.